The molecule has 0 aromatic heterocycles. The van der Waals surface area contributed by atoms with Crippen molar-refractivity contribution >= 4 is 11.6 Å². The Morgan fingerprint density at radius 2 is 2.04 bits per heavy atom. The fourth-order valence-electron chi connectivity index (χ4n) is 3.01. The van der Waals surface area contributed by atoms with Crippen molar-refractivity contribution in [1.82, 2.24) is 5.32 Å². The van der Waals surface area contributed by atoms with Crippen LogP contribution in [0.5, 0.6) is 0 Å². The van der Waals surface area contributed by atoms with Crippen molar-refractivity contribution < 1.29 is 27.6 Å². The van der Waals surface area contributed by atoms with Crippen LogP contribution in [0.2, 0.25) is 0 Å². The molecule has 142 valence electrons. The number of hydrogen-bond acceptors (Lipinski definition) is 5. The van der Waals surface area contributed by atoms with E-state index < -0.39 is 34.5 Å². The lowest BCUT2D eigenvalue weighted by Gasteiger charge is -2.29. The third-order valence-electron chi connectivity index (χ3n) is 4.59. The number of alkyl halides is 3. The zero-order chi connectivity index (χ0) is 18.9. The van der Waals surface area contributed by atoms with Crippen LogP contribution in [0.3, 0.4) is 0 Å². The van der Waals surface area contributed by atoms with Gasteiger partial charge in [-0.15, -0.1) is 0 Å². The molecular formula is C16H18F3N3O4. The number of nitrogens with zero attached hydrogens (tertiary/aromatic N) is 2. The average Bonchev–Trinajstić information content (AvgIpc) is 3.40. The number of anilines is 1. The number of carbonyl (C=O) groups excluding carboxylic acids is 1. The highest BCUT2D eigenvalue weighted by Gasteiger charge is 2.53. The van der Waals surface area contributed by atoms with Crippen LogP contribution >= 0.6 is 0 Å². The van der Waals surface area contributed by atoms with Crippen molar-refractivity contribution in [1.29, 1.82) is 0 Å². The molecule has 26 heavy (non-hydrogen) atoms. The monoisotopic (exact) mass is 373 g/mol. The van der Waals surface area contributed by atoms with Gasteiger partial charge in [-0.2, -0.15) is 13.2 Å². The maximum Gasteiger partial charge on any atom is 0.416 e. The van der Waals surface area contributed by atoms with Crippen LogP contribution in [0.25, 0.3) is 0 Å². The van der Waals surface area contributed by atoms with Gasteiger partial charge in [0.2, 0.25) is 11.9 Å². The summed E-state index contributed by atoms with van der Waals surface area (Å²) in [4.78, 5) is 23.7. The molecule has 1 aromatic carbocycles. The van der Waals surface area contributed by atoms with Crippen molar-refractivity contribution in [2.24, 2.45) is 5.92 Å². The summed E-state index contributed by atoms with van der Waals surface area (Å²) in [5.74, 6) is -1.34. The molecule has 3 rings (SSSR count). The Balaban J connectivity index is 1.72. The normalized spacial score (nSPS) is 22.8. The minimum absolute atomic E-state index is 0.0684. The highest BCUT2D eigenvalue weighted by molar-refractivity contribution is 5.82. The number of ether oxygens (including phenoxy) is 1. The Kier molecular flexibility index (Phi) is 5.03. The molecule has 0 radical (unpaired) electrons. The number of carbonyl (C=O) groups is 1. The number of nitro groups is 1. The van der Waals surface area contributed by atoms with E-state index in [1.165, 1.54) is 6.07 Å². The van der Waals surface area contributed by atoms with Crippen molar-refractivity contribution in [3.05, 3.63) is 39.4 Å². The molecule has 1 heterocycles. The first-order valence-electron chi connectivity index (χ1n) is 8.21. The molecule has 1 saturated carbocycles. The van der Waals surface area contributed by atoms with E-state index in [4.69, 9.17) is 4.74 Å². The first-order chi connectivity index (χ1) is 12.3. The third kappa shape index (κ3) is 4.06. The summed E-state index contributed by atoms with van der Waals surface area (Å²) in [7, 11) is 0. The van der Waals surface area contributed by atoms with Crippen LogP contribution < -0.4 is 10.2 Å². The summed E-state index contributed by atoms with van der Waals surface area (Å²) in [5.41, 5.74) is -0.434. The van der Waals surface area contributed by atoms with Crippen LogP contribution in [-0.2, 0) is 22.3 Å². The number of rotatable bonds is 5. The lowest BCUT2D eigenvalue weighted by molar-refractivity contribution is -0.497. The van der Waals surface area contributed by atoms with Crippen molar-refractivity contribution in [2.75, 3.05) is 31.2 Å². The number of amides is 1. The fourth-order valence-corrected chi connectivity index (χ4v) is 3.01. The predicted octanol–water partition coefficient (Wildman–Crippen LogP) is 1.82. The highest BCUT2D eigenvalue weighted by Crippen LogP contribution is 2.36. The lowest BCUT2D eigenvalue weighted by Crippen LogP contribution is -2.36. The Morgan fingerprint density at radius 3 is 2.62 bits per heavy atom. The maximum absolute atomic E-state index is 13.4. The summed E-state index contributed by atoms with van der Waals surface area (Å²) >= 11 is 0. The van der Waals surface area contributed by atoms with Crippen molar-refractivity contribution in [3.63, 3.8) is 0 Å². The van der Waals surface area contributed by atoms with E-state index in [1.807, 2.05) is 4.90 Å². The molecule has 1 N–H and O–H groups in total. The zero-order valence-electron chi connectivity index (χ0n) is 13.8. The topological polar surface area (TPSA) is 84.7 Å². The van der Waals surface area contributed by atoms with Crippen LogP contribution in [0.15, 0.2) is 18.2 Å². The molecule has 1 aliphatic carbocycles. The van der Waals surface area contributed by atoms with Crippen LogP contribution in [0.4, 0.5) is 18.9 Å². The van der Waals surface area contributed by atoms with Gasteiger partial charge >= 0.3 is 6.18 Å². The molecule has 0 unspecified atom stereocenters. The summed E-state index contributed by atoms with van der Waals surface area (Å²) in [5, 5.41) is 13.0. The molecule has 10 heteroatoms. The Labute approximate surface area is 147 Å². The van der Waals surface area contributed by atoms with Gasteiger partial charge in [-0.25, -0.2) is 0 Å². The summed E-state index contributed by atoms with van der Waals surface area (Å²) in [6, 6.07) is 3.06. The molecule has 7 nitrogen and oxygen atoms in total. The Morgan fingerprint density at radius 1 is 1.35 bits per heavy atom. The molecule has 0 bridgehead atoms. The number of nitrogens with one attached hydrogen (secondary N) is 1. The smallest absolute Gasteiger partial charge is 0.378 e. The number of morpholine rings is 1. The van der Waals surface area contributed by atoms with Gasteiger partial charge < -0.3 is 15.0 Å². The van der Waals surface area contributed by atoms with Gasteiger partial charge in [0.15, 0.2) is 0 Å². The molecule has 1 saturated heterocycles. The second kappa shape index (κ2) is 7.10. The molecule has 1 aliphatic heterocycles. The average molecular weight is 373 g/mol. The summed E-state index contributed by atoms with van der Waals surface area (Å²) in [6.45, 7) is 1.61. The number of halogens is 3. The first kappa shape index (κ1) is 18.4. The molecule has 0 spiro atoms. The fraction of sp³-hybridized carbons (Fsp3) is 0.562. The lowest BCUT2D eigenvalue weighted by atomic mass is 10.0. The zero-order valence-corrected chi connectivity index (χ0v) is 13.8. The van der Waals surface area contributed by atoms with E-state index in [2.05, 4.69) is 5.32 Å². The molecule has 2 aliphatic rings. The summed E-state index contributed by atoms with van der Waals surface area (Å²) < 4.78 is 45.4. The van der Waals surface area contributed by atoms with Crippen LogP contribution in [0.1, 0.15) is 17.5 Å². The molecule has 1 amide bonds. The van der Waals surface area contributed by atoms with Crippen LogP contribution in [-0.4, -0.2) is 43.2 Å². The Hall–Kier alpha value is -2.36. The maximum atomic E-state index is 13.4. The van der Waals surface area contributed by atoms with Gasteiger partial charge in [0.05, 0.1) is 18.8 Å². The Bertz CT molecular complexity index is 704. The van der Waals surface area contributed by atoms with E-state index in [1.54, 1.807) is 6.07 Å². The minimum Gasteiger partial charge on any atom is -0.378 e. The predicted molar refractivity (Wildman–Crippen MR) is 85.2 cm³/mol. The molecule has 2 atom stereocenters. The number of hydrogen-bond donors (Lipinski definition) is 1. The molecule has 1 aromatic rings. The van der Waals surface area contributed by atoms with Crippen molar-refractivity contribution in [2.45, 2.75) is 25.2 Å². The van der Waals surface area contributed by atoms with E-state index in [0.717, 1.165) is 6.07 Å². The van der Waals surface area contributed by atoms with Gasteiger partial charge in [-0.3, -0.25) is 14.9 Å². The van der Waals surface area contributed by atoms with E-state index in [9.17, 15) is 28.1 Å². The minimum atomic E-state index is -4.56. The largest absolute Gasteiger partial charge is 0.416 e. The molecular weight excluding hydrogens is 355 g/mol. The SMILES string of the molecule is O=C(NCc1ccc(N2CCOCC2)cc1C(F)(F)F)[C@H]1C[C@@H]1[N+](=O)[O-]. The quantitative estimate of drug-likeness (QED) is 0.629. The second-order valence-electron chi connectivity index (χ2n) is 6.35. The highest BCUT2D eigenvalue weighted by atomic mass is 19.4. The first-order valence-corrected chi connectivity index (χ1v) is 8.21. The van der Waals surface area contributed by atoms with E-state index >= 15 is 0 Å². The summed E-state index contributed by atoms with van der Waals surface area (Å²) in [6.07, 6.45) is -4.44. The molecule has 2 fully saturated rings. The third-order valence-corrected chi connectivity index (χ3v) is 4.59. The standard InChI is InChI=1S/C16H18F3N3O4/c17-16(18,19)13-7-11(21-3-5-26-6-4-21)2-1-10(13)9-20-15(23)12-8-14(12)22(24)25/h1-2,7,12,14H,3-6,8-9H2,(H,20,23)/t12-,14-/m0/s1. The van der Waals surface area contributed by atoms with E-state index in [0.29, 0.717) is 32.0 Å². The van der Waals surface area contributed by atoms with Gasteiger partial charge in [0.25, 0.3) is 0 Å². The second-order valence-corrected chi connectivity index (χ2v) is 6.35. The van der Waals surface area contributed by atoms with Crippen LogP contribution in [0, 0.1) is 16.0 Å². The number of benzene rings is 1. The van der Waals surface area contributed by atoms with Gasteiger partial charge in [0, 0.05) is 36.7 Å². The van der Waals surface area contributed by atoms with E-state index in [-0.39, 0.29) is 18.5 Å². The van der Waals surface area contributed by atoms with Crippen molar-refractivity contribution in [3.8, 4) is 0 Å². The van der Waals surface area contributed by atoms with Gasteiger partial charge in [0.1, 0.15) is 5.92 Å². The van der Waals surface area contributed by atoms with Gasteiger partial charge in [-0.1, -0.05) is 6.07 Å². The van der Waals surface area contributed by atoms with Gasteiger partial charge in [-0.05, 0) is 17.7 Å².